The third-order valence-electron chi connectivity index (χ3n) is 10.9. The lowest BCUT2D eigenvalue weighted by Gasteiger charge is -2.16. The first-order chi connectivity index (χ1) is 27.7. The Morgan fingerprint density at radius 3 is 1.39 bits per heavy atom. The molecule has 9 aromatic carbocycles. The van der Waals surface area contributed by atoms with E-state index in [1.54, 1.807) is 0 Å². The summed E-state index contributed by atoms with van der Waals surface area (Å²) in [4.78, 5) is 20.5. The Kier molecular flexibility index (Phi) is 7.46. The monoisotopic (exact) mass is 712 g/mol. The third-order valence-corrected chi connectivity index (χ3v) is 10.9. The summed E-state index contributed by atoms with van der Waals surface area (Å²) in [6, 6.07) is 68.2. The SMILES string of the molecule is c1ccc(-c2nc3ccccc3c3c2cc(-c2ccc(-c4nc(-c5ccc6ccccc6c5)nc(-c5ccc6ccccc6c5)n4)cc2)c2ccccc23)cc1. The number of benzene rings is 9. The van der Waals surface area contributed by atoms with Crippen molar-refractivity contribution in [2.45, 2.75) is 0 Å². The number of fused-ring (bicyclic) bond motifs is 7. The highest BCUT2D eigenvalue weighted by Crippen LogP contribution is 2.42. The van der Waals surface area contributed by atoms with Gasteiger partial charge in [0.2, 0.25) is 0 Å². The number of aromatic nitrogens is 4. The van der Waals surface area contributed by atoms with Crippen LogP contribution in [0, 0.1) is 0 Å². The van der Waals surface area contributed by atoms with Crippen LogP contribution in [0.4, 0.5) is 0 Å². The van der Waals surface area contributed by atoms with Crippen molar-refractivity contribution in [3.63, 3.8) is 0 Å². The molecule has 0 radical (unpaired) electrons. The third kappa shape index (κ3) is 5.47. The van der Waals surface area contributed by atoms with Gasteiger partial charge in [-0.25, -0.2) is 19.9 Å². The quantitative estimate of drug-likeness (QED) is 0.167. The zero-order valence-electron chi connectivity index (χ0n) is 30.3. The highest BCUT2D eigenvalue weighted by molar-refractivity contribution is 6.25. The molecule has 0 saturated carbocycles. The van der Waals surface area contributed by atoms with Crippen LogP contribution in [0.3, 0.4) is 0 Å². The Balaban J connectivity index is 1.08. The smallest absolute Gasteiger partial charge is 0.164 e. The molecule has 0 atom stereocenters. The summed E-state index contributed by atoms with van der Waals surface area (Å²) in [5, 5.41) is 10.5. The summed E-state index contributed by atoms with van der Waals surface area (Å²) in [5.41, 5.74) is 8.14. The van der Waals surface area contributed by atoms with E-state index in [4.69, 9.17) is 19.9 Å². The van der Waals surface area contributed by atoms with Crippen molar-refractivity contribution in [1.82, 2.24) is 19.9 Å². The minimum Gasteiger partial charge on any atom is -0.247 e. The predicted molar refractivity (Wildman–Crippen MR) is 232 cm³/mol. The van der Waals surface area contributed by atoms with Crippen LogP contribution >= 0.6 is 0 Å². The van der Waals surface area contributed by atoms with Crippen LogP contribution in [0.1, 0.15) is 0 Å². The van der Waals surface area contributed by atoms with Gasteiger partial charge in [0.1, 0.15) is 0 Å². The van der Waals surface area contributed by atoms with Crippen LogP contribution in [-0.2, 0) is 0 Å². The van der Waals surface area contributed by atoms with E-state index in [9.17, 15) is 0 Å². The van der Waals surface area contributed by atoms with E-state index in [1.807, 2.05) is 0 Å². The van der Waals surface area contributed by atoms with Crippen molar-refractivity contribution in [2.24, 2.45) is 0 Å². The van der Waals surface area contributed by atoms with Gasteiger partial charge in [-0.05, 0) is 67.7 Å². The Labute approximate surface area is 323 Å². The van der Waals surface area contributed by atoms with Gasteiger partial charge in [-0.3, -0.25) is 0 Å². The Morgan fingerprint density at radius 1 is 0.268 bits per heavy atom. The van der Waals surface area contributed by atoms with Gasteiger partial charge in [0.15, 0.2) is 17.5 Å². The molecule has 260 valence electrons. The second-order valence-electron chi connectivity index (χ2n) is 14.2. The minimum atomic E-state index is 0.628. The summed E-state index contributed by atoms with van der Waals surface area (Å²) >= 11 is 0. The summed E-state index contributed by atoms with van der Waals surface area (Å²) in [6.45, 7) is 0. The molecule has 2 aromatic heterocycles. The molecule has 0 bridgehead atoms. The Hall–Kier alpha value is -7.56. The molecule has 11 aromatic rings. The van der Waals surface area contributed by atoms with Crippen molar-refractivity contribution in [3.05, 3.63) is 194 Å². The number of para-hydroxylation sites is 1. The number of hydrogen-bond acceptors (Lipinski definition) is 4. The fourth-order valence-electron chi connectivity index (χ4n) is 8.09. The highest BCUT2D eigenvalue weighted by Gasteiger charge is 2.18. The molecule has 0 saturated heterocycles. The predicted octanol–water partition coefficient (Wildman–Crippen LogP) is 13.4. The van der Waals surface area contributed by atoms with Crippen LogP contribution in [0.15, 0.2) is 194 Å². The molecule has 0 unspecified atom stereocenters. The lowest BCUT2D eigenvalue weighted by atomic mass is 9.89. The molecular weight excluding hydrogens is 681 g/mol. The van der Waals surface area contributed by atoms with E-state index in [-0.39, 0.29) is 0 Å². The first-order valence-electron chi connectivity index (χ1n) is 18.9. The summed E-state index contributed by atoms with van der Waals surface area (Å²) < 4.78 is 0. The molecule has 0 aliphatic carbocycles. The van der Waals surface area contributed by atoms with Gasteiger partial charge < -0.3 is 0 Å². The highest BCUT2D eigenvalue weighted by atomic mass is 15.0. The van der Waals surface area contributed by atoms with Gasteiger partial charge in [0.05, 0.1) is 11.2 Å². The maximum absolute atomic E-state index is 5.25. The summed E-state index contributed by atoms with van der Waals surface area (Å²) in [5.74, 6) is 1.91. The van der Waals surface area contributed by atoms with Gasteiger partial charge in [-0.1, -0.05) is 170 Å². The summed E-state index contributed by atoms with van der Waals surface area (Å²) in [7, 11) is 0. The average Bonchev–Trinajstić information content (AvgIpc) is 3.28. The maximum Gasteiger partial charge on any atom is 0.164 e. The van der Waals surface area contributed by atoms with E-state index in [2.05, 4.69) is 194 Å². The second kappa shape index (κ2) is 13.1. The van der Waals surface area contributed by atoms with Crippen LogP contribution in [0.5, 0.6) is 0 Å². The Morgan fingerprint density at radius 2 is 0.750 bits per heavy atom. The summed E-state index contributed by atoms with van der Waals surface area (Å²) in [6.07, 6.45) is 0. The fourth-order valence-corrected chi connectivity index (χ4v) is 8.09. The van der Waals surface area contributed by atoms with Gasteiger partial charge in [-0.15, -0.1) is 0 Å². The van der Waals surface area contributed by atoms with Crippen molar-refractivity contribution in [3.8, 4) is 56.5 Å². The van der Waals surface area contributed by atoms with E-state index < -0.39 is 0 Å². The molecule has 2 heterocycles. The van der Waals surface area contributed by atoms with Crippen LogP contribution in [0.2, 0.25) is 0 Å². The van der Waals surface area contributed by atoms with Gasteiger partial charge >= 0.3 is 0 Å². The molecule has 0 aliphatic rings. The van der Waals surface area contributed by atoms with Crippen molar-refractivity contribution in [1.29, 1.82) is 0 Å². The molecule has 11 rings (SSSR count). The molecular formula is C52H32N4. The molecule has 0 N–H and O–H groups in total. The van der Waals surface area contributed by atoms with Crippen LogP contribution in [0.25, 0.3) is 111 Å². The zero-order chi connectivity index (χ0) is 37.0. The molecule has 0 fully saturated rings. The topological polar surface area (TPSA) is 51.6 Å². The molecule has 0 spiro atoms. The minimum absolute atomic E-state index is 0.628. The van der Waals surface area contributed by atoms with Crippen LogP contribution < -0.4 is 0 Å². The van der Waals surface area contributed by atoms with E-state index in [1.165, 1.54) is 26.9 Å². The number of nitrogens with zero attached hydrogens (tertiary/aromatic N) is 4. The van der Waals surface area contributed by atoms with Crippen molar-refractivity contribution < 1.29 is 0 Å². The number of hydrogen-bond donors (Lipinski definition) is 0. The largest absolute Gasteiger partial charge is 0.247 e. The maximum atomic E-state index is 5.25. The fraction of sp³-hybridized carbons (Fsp3) is 0. The van der Waals surface area contributed by atoms with Crippen molar-refractivity contribution in [2.75, 3.05) is 0 Å². The van der Waals surface area contributed by atoms with E-state index in [0.29, 0.717) is 17.5 Å². The zero-order valence-corrected chi connectivity index (χ0v) is 30.3. The molecule has 4 heteroatoms. The Bertz CT molecular complexity index is 3200. The normalized spacial score (nSPS) is 11.6. The number of rotatable bonds is 5. The molecule has 56 heavy (non-hydrogen) atoms. The first-order valence-corrected chi connectivity index (χ1v) is 18.9. The standard InChI is InChI=1S/C52H32N4/c1-2-14-36(15-3-1)49-46-32-45(42-18-8-9-19-43(42)48(46)44-20-10-11-21-47(44)53-49)35-24-26-37(27-25-35)50-54-51(40-28-22-33-12-4-6-16-38(33)30-40)56-52(55-50)41-29-23-34-13-5-7-17-39(34)31-41/h1-32H. The van der Waals surface area contributed by atoms with Gasteiger partial charge in [0, 0.05) is 38.4 Å². The number of pyridine rings is 1. The van der Waals surface area contributed by atoms with Crippen LogP contribution in [-0.4, -0.2) is 19.9 Å². The molecule has 0 aliphatic heterocycles. The molecule has 4 nitrogen and oxygen atoms in total. The first kappa shape index (κ1) is 31.9. The average molecular weight is 713 g/mol. The van der Waals surface area contributed by atoms with E-state index >= 15 is 0 Å². The van der Waals surface area contributed by atoms with E-state index in [0.717, 1.165) is 66.1 Å². The second-order valence-corrected chi connectivity index (χ2v) is 14.2. The van der Waals surface area contributed by atoms with Crippen molar-refractivity contribution >= 4 is 54.0 Å². The molecule has 0 amide bonds. The van der Waals surface area contributed by atoms with Gasteiger partial charge in [-0.2, -0.15) is 0 Å². The van der Waals surface area contributed by atoms with Gasteiger partial charge in [0.25, 0.3) is 0 Å². The lowest BCUT2D eigenvalue weighted by molar-refractivity contribution is 1.08. The lowest BCUT2D eigenvalue weighted by Crippen LogP contribution is -2.00.